The molecule has 0 atom stereocenters. The molecule has 3 aromatic carbocycles. The van der Waals surface area contributed by atoms with Gasteiger partial charge < -0.3 is 15.6 Å². The molecule has 0 aliphatic rings. The minimum Gasteiger partial charge on any atom is -0.478 e. The smallest absolute Gasteiger partial charge is 0.336 e. The van der Waals surface area contributed by atoms with E-state index in [1.807, 2.05) is 30.3 Å². The predicted octanol–water partition coefficient (Wildman–Crippen LogP) is 2.98. The van der Waals surface area contributed by atoms with E-state index in [0.717, 1.165) is 5.39 Å². The normalized spacial score (nSPS) is 11.0. The summed E-state index contributed by atoms with van der Waals surface area (Å²) in [4.78, 5) is 24.1. The lowest BCUT2D eigenvalue weighted by Crippen LogP contribution is -2.17. The van der Waals surface area contributed by atoms with Gasteiger partial charge in [0.15, 0.2) is 0 Å². The molecule has 0 spiro atoms. The third-order valence-corrected chi connectivity index (χ3v) is 4.15. The average Bonchev–Trinajstić information content (AvgIpc) is 2.56. The van der Waals surface area contributed by atoms with Crippen molar-refractivity contribution in [1.82, 2.24) is 0 Å². The number of fused-ring (bicyclic) bond motifs is 2. The molecule has 24 heavy (non-hydrogen) atoms. The molecule has 0 unspecified atom stereocenters. The maximum atomic E-state index is 12.1. The van der Waals surface area contributed by atoms with Crippen molar-refractivity contribution in [2.75, 3.05) is 13.7 Å². The minimum absolute atomic E-state index is 0.108. The van der Waals surface area contributed by atoms with Crippen molar-refractivity contribution in [1.29, 1.82) is 0 Å². The van der Waals surface area contributed by atoms with E-state index in [0.29, 0.717) is 34.7 Å². The number of ether oxygens (including phenoxy) is 1. The molecule has 0 radical (unpaired) electrons. The number of rotatable bonds is 5. The number of benzene rings is 3. The van der Waals surface area contributed by atoms with Gasteiger partial charge in [-0.2, -0.15) is 0 Å². The highest BCUT2D eigenvalue weighted by Crippen LogP contribution is 2.32. The zero-order chi connectivity index (χ0) is 17.3. The first kappa shape index (κ1) is 16.0. The Kier molecular flexibility index (Phi) is 4.18. The van der Waals surface area contributed by atoms with Crippen LogP contribution >= 0.6 is 0 Å². The number of hydrogen-bond donors (Lipinski definition) is 2. The largest absolute Gasteiger partial charge is 0.478 e. The Bertz CT molecular complexity index is 962. The van der Waals surface area contributed by atoms with Crippen molar-refractivity contribution >= 4 is 33.4 Å². The van der Waals surface area contributed by atoms with Crippen molar-refractivity contribution in [2.24, 2.45) is 5.73 Å². The second-order valence-corrected chi connectivity index (χ2v) is 5.58. The average molecular weight is 323 g/mol. The molecule has 3 N–H and O–H groups in total. The van der Waals surface area contributed by atoms with Gasteiger partial charge in [-0.15, -0.1) is 0 Å². The molecular formula is C19H17NO4. The van der Waals surface area contributed by atoms with Crippen LogP contribution in [0.1, 0.15) is 26.3 Å². The van der Waals surface area contributed by atoms with E-state index in [1.54, 1.807) is 19.2 Å². The monoisotopic (exact) mass is 323 g/mol. The summed E-state index contributed by atoms with van der Waals surface area (Å²) in [6, 6.07) is 12.7. The summed E-state index contributed by atoms with van der Waals surface area (Å²) in [7, 11) is 1.57. The fourth-order valence-electron chi connectivity index (χ4n) is 3.13. The zero-order valence-corrected chi connectivity index (χ0v) is 13.2. The van der Waals surface area contributed by atoms with Gasteiger partial charge in [-0.25, -0.2) is 4.79 Å². The number of hydrogen-bond acceptors (Lipinski definition) is 3. The van der Waals surface area contributed by atoms with E-state index in [4.69, 9.17) is 10.5 Å². The molecule has 0 saturated carbocycles. The second-order valence-electron chi connectivity index (χ2n) is 5.58. The molecule has 0 heterocycles. The number of primary amides is 1. The van der Waals surface area contributed by atoms with Gasteiger partial charge in [-0.05, 0) is 34.2 Å². The van der Waals surface area contributed by atoms with E-state index in [-0.39, 0.29) is 11.1 Å². The van der Waals surface area contributed by atoms with Crippen LogP contribution in [-0.2, 0) is 11.2 Å². The van der Waals surface area contributed by atoms with Crippen LogP contribution in [0.5, 0.6) is 0 Å². The van der Waals surface area contributed by atoms with Gasteiger partial charge in [0.1, 0.15) is 0 Å². The van der Waals surface area contributed by atoms with Gasteiger partial charge in [0.05, 0.1) is 17.7 Å². The van der Waals surface area contributed by atoms with Crippen LogP contribution in [0.15, 0.2) is 42.5 Å². The molecule has 3 aromatic rings. The fraction of sp³-hybridized carbons (Fsp3) is 0.158. The lowest BCUT2D eigenvalue weighted by molar-refractivity contribution is 0.0701. The predicted molar refractivity (Wildman–Crippen MR) is 92.5 cm³/mol. The molecule has 0 aliphatic heterocycles. The Morgan fingerprint density at radius 3 is 2.50 bits per heavy atom. The van der Waals surface area contributed by atoms with Crippen molar-refractivity contribution in [3.05, 3.63) is 59.2 Å². The molecular weight excluding hydrogens is 306 g/mol. The number of carbonyl (C=O) groups excluding carboxylic acids is 1. The molecule has 122 valence electrons. The summed E-state index contributed by atoms with van der Waals surface area (Å²) in [5, 5.41) is 12.2. The molecule has 5 nitrogen and oxygen atoms in total. The molecule has 0 saturated heterocycles. The van der Waals surface area contributed by atoms with Crippen LogP contribution in [0.25, 0.3) is 21.5 Å². The van der Waals surface area contributed by atoms with E-state index in [2.05, 4.69) is 0 Å². The van der Waals surface area contributed by atoms with Crippen molar-refractivity contribution in [3.8, 4) is 0 Å². The van der Waals surface area contributed by atoms with Gasteiger partial charge >= 0.3 is 5.97 Å². The first-order chi connectivity index (χ1) is 11.5. The zero-order valence-electron chi connectivity index (χ0n) is 13.2. The number of carbonyl (C=O) groups is 2. The maximum absolute atomic E-state index is 12.1. The number of methoxy groups -OCH3 is 1. The molecule has 5 heteroatoms. The highest BCUT2D eigenvalue weighted by Gasteiger charge is 2.21. The van der Waals surface area contributed by atoms with Crippen LogP contribution in [0, 0.1) is 0 Å². The van der Waals surface area contributed by atoms with E-state index < -0.39 is 11.9 Å². The van der Waals surface area contributed by atoms with Crippen LogP contribution in [0.4, 0.5) is 0 Å². The van der Waals surface area contributed by atoms with Gasteiger partial charge in [0.25, 0.3) is 0 Å². The van der Waals surface area contributed by atoms with Gasteiger partial charge in [0.2, 0.25) is 5.91 Å². The SMILES string of the molecule is COCCc1ccc2cc3ccccc3c(C(=O)O)c2c1C(N)=O. The van der Waals surface area contributed by atoms with Gasteiger partial charge in [-0.1, -0.05) is 36.4 Å². The third kappa shape index (κ3) is 2.59. The molecule has 0 bridgehead atoms. The van der Waals surface area contributed by atoms with Crippen LogP contribution in [-0.4, -0.2) is 30.7 Å². The number of carboxylic acid groups (broad SMARTS) is 1. The van der Waals surface area contributed by atoms with Crippen LogP contribution in [0.2, 0.25) is 0 Å². The van der Waals surface area contributed by atoms with E-state index in [1.165, 1.54) is 0 Å². The Morgan fingerprint density at radius 1 is 1.08 bits per heavy atom. The first-order valence-electron chi connectivity index (χ1n) is 7.54. The highest BCUT2D eigenvalue weighted by molar-refractivity contribution is 6.21. The number of carboxylic acids is 1. The molecule has 0 aliphatic carbocycles. The molecule has 1 amide bonds. The number of nitrogens with two attached hydrogens (primary N) is 1. The lowest BCUT2D eigenvalue weighted by atomic mass is 9.90. The van der Waals surface area contributed by atoms with Gasteiger partial charge in [0, 0.05) is 12.5 Å². The van der Waals surface area contributed by atoms with Crippen molar-refractivity contribution in [3.63, 3.8) is 0 Å². The van der Waals surface area contributed by atoms with E-state index >= 15 is 0 Å². The lowest BCUT2D eigenvalue weighted by Gasteiger charge is -2.14. The Balaban J connectivity index is 2.48. The highest BCUT2D eigenvalue weighted by atomic mass is 16.5. The van der Waals surface area contributed by atoms with Gasteiger partial charge in [-0.3, -0.25) is 4.79 Å². The standard InChI is InChI=1S/C19H17NO4/c1-24-9-8-11-6-7-13-10-12-4-2-3-5-14(12)17(19(22)23)15(13)16(11)18(20)21/h2-7,10H,8-9H2,1H3,(H2,20,21)(H,22,23). The summed E-state index contributed by atoms with van der Waals surface area (Å²) in [6.45, 7) is 0.418. The Hall–Kier alpha value is -2.92. The molecule has 3 rings (SSSR count). The quantitative estimate of drug-likeness (QED) is 0.706. The topological polar surface area (TPSA) is 89.6 Å². The Labute approximate surface area is 138 Å². The van der Waals surface area contributed by atoms with Crippen molar-refractivity contribution < 1.29 is 19.4 Å². The first-order valence-corrected chi connectivity index (χ1v) is 7.54. The minimum atomic E-state index is -1.08. The summed E-state index contributed by atoms with van der Waals surface area (Å²) < 4.78 is 5.07. The Morgan fingerprint density at radius 2 is 1.83 bits per heavy atom. The maximum Gasteiger partial charge on any atom is 0.336 e. The number of aromatic carboxylic acids is 1. The number of amides is 1. The summed E-state index contributed by atoms with van der Waals surface area (Å²) in [5.41, 5.74) is 6.65. The summed E-state index contributed by atoms with van der Waals surface area (Å²) >= 11 is 0. The second kappa shape index (κ2) is 6.29. The summed E-state index contributed by atoms with van der Waals surface area (Å²) in [6.07, 6.45) is 0.483. The van der Waals surface area contributed by atoms with Crippen LogP contribution in [0.3, 0.4) is 0 Å². The fourth-order valence-corrected chi connectivity index (χ4v) is 3.13. The third-order valence-electron chi connectivity index (χ3n) is 4.15. The van der Waals surface area contributed by atoms with Crippen molar-refractivity contribution in [2.45, 2.75) is 6.42 Å². The van der Waals surface area contributed by atoms with Crippen LogP contribution < -0.4 is 5.73 Å². The molecule has 0 fully saturated rings. The summed E-state index contributed by atoms with van der Waals surface area (Å²) in [5.74, 6) is -1.72. The molecule has 0 aromatic heterocycles. The van der Waals surface area contributed by atoms with E-state index in [9.17, 15) is 14.7 Å².